The van der Waals surface area contributed by atoms with Crippen LogP contribution in [-0.4, -0.2) is 41.1 Å². The monoisotopic (exact) mass is 335 g/mol. The number of likely N-dealkylation sites (tertiary alicyclic amines) is 1. The van der Waals surface area contributed by atoms with E-state index < -0.39 is 23.1 Å². The largest absolute Gasteiger partial charge is 0.484 e. The standard InChI is InChI=1S/C18H22FNO4/c1-17(2,3)24-16(22)20-8-4-7-18(11-20)10-14(21)13-6-5-12(19)9-15(13)23-18/h5-6,9H,4,7-8,10-11H2,1-3H3. The molecule has 130 valence electrons. The number of hydrogen-bond donors (Lipinski definition) is 0. The number of benzene rings is 1. The van der Waals surface area contributed by atoms with Gasteiger partial charge in [-0.25, -0.2) is 9.18 Å². The van der Waals surface area contributed by atoms with Crippen molar-refractivity contribution >= 4 is 11.9 Å². The Hall–Kier alpha value is -2.11. The SMILES string of the molecule is CC(C)(C)OC(=O)N1CCCC2(CC(=O)c3ccc(F)cc3O2)C1. The van der Waals surface area contributed by atoms with Gasteiger partial charge in [-0.2, -0.15) is 0 Å². The van der Waals surface area contributed by atoms with Gasteiger partial charge >= 0.3 is 6.09 Å². The van der Waals surface area contributed by atoms with Crippen molar-refractivity contribution < 1.29 is 23.5 Å². The highest BCUT2D eigenvalue weighted by atomic mass is 19.1. The Morgan fingerprint density at radius 1 is 1.38 bits per heavy atom. The van der Waals surface area contributed by atoms with Gasteiger partial charge in [0.2, 0.25) is 0 Å². The Bertz CT molecular complexity index is 682. The topological polar surface area (TPSA) is 55.8 Å². The molecule has 0 saturated carbocycles. The maximum absolute atomic E-state index is 13.5. The van der Waals surface area contributed by atoms with Gasteiger partial charge in [0, 0.05) is 12.6 Å². The molecule has 0 bridgehead atoms. The summed E-state index contributed by atoms with van der Waals surface area (Å²) in [5, 5.41) is 0. The summed E-state index contributed by atoms with van der Waals surface area (Å²) in [5.74, 6) is -0.266. The van der Waals surface area contributed by atoms with Gasteiger partial charge in [-0.15, -0.1) is 0 Å². The lowest BCUT2D eigenvalue weighted by molar-refractivity contribution is -0.0335. The molecule has 1 aromatic carbocycles. The second-order valence-electron chi connectivity index (χ2n) is 7.53. The maximum Gasteiger partial charge on any atom is 0.410 e. The zero-order valence-corrected chi connectivity index (χ0v) is 14.2. The van der Waals surface area contributed by atoms with Crippen molar-refractivity contribution in [3.05, 3.63) is 29.6 Å². The molecule has 1 atom stereocenters. The lowest BCUT2D eigenvalue weighted by Crippen LogP contribution is -2.56. The van der Waals surface area contributed by atoms with E-state index in [2.05, 4.69) is 0 Å². The number of piperidine rings is 1. The Balaban J connectivity index is 1.81. The average molecular weight is 335 g/mol. The highest BCUT2D eigenvalue weighted by molar-refractivity contribution is 6.00. The second kappa shape index (κ2) is 5.76. The third-order valence-corrected chi connectivity index (χ3v) is 4.24. The van der Waals surface area contributed by atoms with Crippen molar-refractivity contribution in [3.63, 3.8) is 0 Å². The predicted octanol–water partition coefficient (Wildman–Crippen LogP) is 3.56. The zero-order chi connectivity index (χ0) is 17.5. The van der Waals surface area contributed by atoms with Gasteiger partial charge in [0.15, 0.2) is 5.78 Å². The van der Waals surface area contributed by atoms with E-state index in [1.165, 1.54) is 18.2 Å². The number of carbonyl (C=O) groups excluding carboxylic acids is 2. The first-order chi connectivity index (χ1) is 11.2. The van der Waals surface area contributed by atoms with Crippen molar-refractivity contribution in [2.45, 2.75) is 51.2 Å². The molecule has 0 radical (unpaired) electrons. The molecule has 1 aromatic rings. The number of Topliss-reactive ketones (excluding diaryl/α,β-unsaturated/α-hetero) is 1. The summed E-state index contributed by atoms with van der Waals surface area (Å²) in [6, 6.07) is 3.95. The molecular weight excluding hydrogens is 313 g/mol. The Kier molecular flexibility index (Phi) is 4.01. The number of nitrogens with zero attached hydrogens (tertiary/aromatic N) is 1. The van der Waals surface area contributed by atoms with Crippen LogP contribution in [0, 0.1) is 5.82 Å². The molecule has 1 spiro atoms. The van der Waals surface area contributed by atoms with Crippen LogP contribution in [0.3, 0.4) is 0 Å². The minimum absolute atomic E-state index is 0.0812. The van der Waals surface area contributed by atoms with Crippen LogP contribution in [0.25, 0.3) is 0 Å². The highest BCUT2D eigenvalue weighted by Crippen LogP contribution is 2.39. The van der Waals surface area contributed by atoms with Crippen LogP contribution in [0.1, 0.15) is 50.4 Å². The summed E-state index contributed by atoms with van der Waals surface area (Å²) < 4.78 is 24.9. The van der Waals surface area contributed by atoms with E-state index in [1.54, 1.807) is 4.90 Å². The molecular formula is C18H22FNO4. The van der Waals surface area contributed by atoms with Crippen LogP contribution in [0.4, 0.5) is 9.18 Å². The van der Waals surface area contributed by atoms with Gasteiger partial charge in [0.1, 0.15) is 22.8 Å². The van der Waals surface area contributed by atoms with Crippen LogP contribution in [-0.2, 0) is 4.74 Å². The number of ketones is 1. The van der Waals surface area contributed by atoms with Crippen molar-refractivity contribution in [1.82, 2.24) is 4.90 Å². The molecule has 2 heterocycles. The second-order valence-corrected chi connectivity index (χ2v) is 7.53. The number of rotatable bonds is 0. The van der Waals surface area contributed by atoms with E-state index in [0.717, 1.165) is 0 Å². The molecule has 3 rings (SSSR count). The van der Waals surface area contributed by atoms with E-state index in [-0.39, 0.29) is 24.5 Å². The first-order valence-electron chi connectivity index (χ1n) is 8.17. The number of fused-ring (bicyclic) bond motifs is 1. The van der Waals surface area contributed by atoms with Gasteiger partial charge in [0.25, 0.3) is 0 Å². The molecule has 1 fully saturated rings. The van der Waals surface area contributed by atoms with Crippen LogP contribution < -0.4 is 4.74 Å². The van der Waals surface area contributed by atoms with Gasteiger partial charge < -0.3 is 14.4 Å². The highest BCUT2D eigenvalue weighted by Gasteiger charge is 2.45. The molecule has 1 unspecified atom stereocenters. The Labute approximate surface area is 140 Å². The molecule has 1 saturated heterocycles. The smallest absolute Gasteiger partial charge is 0.410 e. The fourth-order valence-corrected chi connectivity index (χ4v) is 3.28. The van der Waals surface area contributed by atoms with Gasteiger partial charge in [-0.05, 0) is 45.7 Å². The summed E-state index contributed by atoms with van der Waals surface area (Å²) in [6.45, 7) is 6.26. The lowest BCUT2D eigenvalue weighted by Gasteiger charge is -2.44. The first-order valence-corrected chi connectivity index (χ1v) is 8.17. The fourth-order valence-electron chi connectivity index (χ4n) is 3.28. The average Bonchev–Trinajstić information content (AvgIpc) is 2.44. The minimum Gasteiger partial charge on any atom is -0.484 e. The Morgan fingerprint density at radius 2 is 2.12 bits per heavy atom. The van der Waals surface area contributed by atoms with E-state index in [0.29, 0.717) is 24.9 Å². The van der Waals surface area contributed by atoms with Crippen LogP contribution in [0.5, 0.6) is 5.75 Å². The number of amides is 1. The molecule has 0 N–H and O–H groups in total. The number of halogens is 1. The van der Waals surface area contributed by atoms with Crippen LogP contribution in [0.15, 0.2) is 18.2 Å². The number of carbonyl (C=O) groups is 2. The molecule has 2 aliphatic rings. The molecule has 0 aromatic heterocycles. The number of ether oxygens (including phenoxy) is 2. The van der Waals surface area contributed by atoms with Crippen LogP contribution >= 0.6 is 0 Å². The summed E-state index contributed by atoms with van der Waals surface area (Å²) >= 11 is 0. The quantitative estimate of drug-likeness (QED) is 0.727. The maximum atomic E-state index is 13.5. The van der Waals surface area contributed by atoms with E-state index >= 15 is 0 Å². The third-order valence-electron chi connectivity index (χ3n) is 4.24. The first kappa shape index (κ1) is 16.7. The molecule has 6 heteroatoms. The van der Waals surface area contributed by atoms with Crippen molar-refractivity contribution in [3.8, 4) is 5.75 Å². The summed E-state index contributed by atoms with van der Waals surface area (Å²) in [5.41, 5.74) is -0.982. The van der Waals surface area contributed by atoms with Crippen molar-refractivity contribution in [2.24, 2.45) is 0 Å². The van der Waals surface area contributed by atoms with E-state index in [4.69, 9.17) is 9.47 Å². The molecule has 24 heavy (non-hydrogen) atoms. The van der Waals surface area contributed by atoms with Crippen LogP contribution in [0.2, 0.25) is 0 Å². The van der Waals surface area contributed by atoms with Gasteiger partial charge in [0.05, 0.1) is 18.5 Å². The van der Waals surface area contributed by atoms with E-state index in [1.807, 2.05) is 20.8 Å². The fraction of sp³-hybridized carbons (Fsp3) is 0.556. The summed E-state index contributed by atoms with van der Waals surface area (Å²) in [6.07, 6.45) is 1.12. The Morgan fingerprint density at radius 3 is 2.83 bits per heavy atom. The molecule has 2 aliphatic heterocycles. The summed E-state index contributed by atoms with van der Waals surface area (Å²) in [7, 11) is 0. The molecule has 5 nitrogen and oxygen atoms in total. The third kappa shape index (κ3) is 3.37. The lowest BCUT2D eigenvalue weighted by atomic mass is 9.83. The molecule has 1 amide bonds. The zero-order valence-electron chi connectivity index (χ0n) is 14.2. The van der Waals surface area contributed by atoms with Gasteiger partial charge in [-0.3, -0.25) is 4.79 Å². The molecule has 0 aliphatic carbocycles. The van der Waals surface area contributed by atoms with Crippen molar-refractivity contribution in [1.29, 1.82) is 0 Å². The van der Waals surface area contributed by atoms with Crippen molar-refractivity contribution in [2.75, 3.05) is 13.1 Å². The predicted molar refractivity (Wildman–Crippen MR) is 85.7 cm³/mol. The van der Waals surface area contributed by atoms with E-state index in [9.17, 15) is 14.0 Å². The number of hydrogen-bond acceptors (Lipinski definition) is 4. The summed E-state index contributed by atoms with van der Waals surface area (Å²) in [4.78, 5) is 26.3. The minimum atomic E-state index is -0.799. The normalized spacial score (nSPS) is 23.7. The van der Waals surface area contributed by atoms with Gasteiger partial charge in [-0.1, -0.05) is 0 Å².